The van der Waals surface area contributed by atoms with Crippen molar-refractivity contribution in [3.8, 4) is 11.5 Å². The predicted octanol–water partition coefficient (Wildman–Crippen LogP) is 2.39. The molecule has 138 valence electrons. The molecule has 2 heterocycles. The number of aromatic amines is 1. The number of ether oxygens (including phenoxy) is 2. The Morgan fingerprint density at radius 2 is 1.85 bits per heavy atom. The first-order valence-electron chi connectivity index (χ1n) is 8.60. The number of para-hydroxylation sites is 2. The summed E-state index contributed by atoms with van der Waals surface area (Å²) in [5, 5.41) is 0.970. The monoisotopic (exact) mass is 365 g/mol. The Balaban J connectivity index is 1.41. The van der Waals surface area contributed by atoms with Crippen LogP contribution in [0.1, 0.15) is 21.6 Å². The zero-order chi connectivity index (χ0) is 19.0. The lowest BCUT2D eigenvalue weighted by Gasteiger charge is -2.25. The molecule has 4 rings (SSSR count). The Labute approximate surface area is 155 Å². The summed E-state index contributed by atoms with van der Waals surface area (Å²) >= 11 is 0. The van der Waals surface area contributed by atoms with Crippen molar-refractivity contribution >= 4 is 22.7 Å². The molecule has 0 aliphatic carbocycles. The topological polar surface area (TPSA) is 92.5 Å². The van der Waals surface area contributed by atoms with Gasteiger partial charge < -0.3 is 14.5 Å². The molecule has 0 saturated heterocycles. The van der Waals surface area contributed by atoms with E-state index in [1.54, 1.807) is 24.3 Å². The van der Waals surface area contributed by atoms with Crippen LogP contribution in [0.25, 0.3) is 10.9 Å². The molecule has 0 bridgehead atoms. The molecule has 1 aliphatic rings. The van der Waals surface area contributed by atoms with E-state index in [-0.39, 0.29) is 6.61 Å². The highest BCUT2D eigenvalue weighted by Crippen LogP contribution is 2.30. The fourth-order valence-electron chi connectivity index (χ4n) is 3.14. The molecule has 1 atom stereocenters. The van der Waals surface area contributed by atoms with Crippen molar-refractivity contribution < 1.29 is 19.1 Å². The number of hydrogen-bond donors (Lipinski definition) is 3. The molecular formula is C20H19N3O4. The quantitative estimate of drug-likeness (QED) is 0.608. The Hall–Kier alpha value is -3.48. The third kappa shape index (κ3) is 3.31. The second-order valence-electron chi connectivity index (χ2n) is 6.53. The van der Waals surface area contributed by atoms with Crippen LogP contribution in [0, 0.1) is 13.8 Å². The van der Waals surface area contributed by atoms with Crippen molar-refractivity contribution in [3.63, 3.8) is 0 Å². The van der Waals surface area contributed by atoms with Crippen LogP contribution >= 0.6 is 0 Å². The SMILES string of the molecule is Cc1cc(C)c2cc(C(=O)NNC(=O)C3COc4ccccc4O3)[nH]c2c1. The summed E-state index contributed by atoms with van der Waals surface area (Å²) in [5.74, 6) is 0.167. The Kier molecular flexibility index (Phi) is 4.19. The van der Waals surface area contributed by atoms with Gasteiger partial charge in [-0.15, -0.1) is 0 Å². The summed E-state index contributed by atoms with van der Waals surface area (Å²) in [4.78, 5) is 27.7. The number of fused-ring (bicyclic) bond motifs is 2. The van der Waals surface area contributed by atoms with Gasteiger partial charge in [0.25, 0.3) is 11.8 Å². The highest BCUT2D eigenvalue weighted by Gasteiger charge is 2.27. The van der Waals surface area contributed by atoms with Crippen LogP contribution in [0.3, 0.4) is 0 Å². The number of hydrazine groups is 1. The van der Waals surface area contributed by atoms with E-state index in [1.807, 2.05) is 26.0 Å². The van der Waals surface area contributed by atoms with Gasteiger partial charge >= 0.3 is 0 Å². The molecule has 0 saturated carbocycles. The number of aryl methyl sites for hydroxylation is 2. The number of nitrogens with one attached hydrogen (secondary N) is 3. The maximum Gasteiger partial charge on any atom is 0.286 e. The van der Waals surface area contributed by atoms with E-state index in [0.29, 0.717) is 17.2 Å². The number of hydrogen-bond acceptors (Lipinski definition) is 4. The van der Waals surface area contributed by atoms with Gasteiger partial charge in [-0.3, -0.25) is 20.4 Å². The molecule has 2 amide bonds. The van der Waals surface area contributed by atoms with Crippen LogP contribution in [-0.2, 0) is 4.79 Å². The first kappa shape index (κ1) is 17.0. The van der Waals surface area contributed by atoms with Crippen molar-refractivity contribution in [3.05, 3.63) is 59.3 Å². The molecule has 7 heteroatoms. The van der Waals surface area contributed by atoms with Crippen molar-refractivity contribution in [1.29, 1.82) is 0 Å². The molecule has 1 aliphatic heterocycles. The molecule has 3 N–H and O–H groups in total. The molecule has 1 aromatic heterocycles. The summed E-state index contributed by atoms with van der Waals surface area (Å²) in [6, 6.07) is 12.9. The van der Waals surface area contributed by atoms with E-state index >= 15 is 0 Å². The molecule has 7 nitrogen and oxygen atoms in total. The second kappa shape index (κ2) is 6.68. The largest absolute Gasteiger partial charge is 0.485 e. The Morgan fingerprint density at radius 1 is 1.07 bits per heavy atom. The maximum absolute atomic E-state index is 12.4. The standard InChI is InChI=1S/C20H19N3O4/c1-11-7-12(2)13-9-15(21-14(13)8-11)19(24)22-23-20(25)18-10-26-16-5-3-4-6-17(16)27-18/h3-9,18,21H,10H2,1-2H3,(H,22,24)(H,23,25). The van der Waals surface area contributed by atoms with Gasteiger partial charge in [0.2, 0.25) is 6.10 Å². The Bertz CT molecular complexity index is 1040. The van der Waals surface area contributed by atoms with E-state index in [0.717, 1.165) is 22.0 Å². The van der Waals surface area contributed by atoms with Crippen LogP contribution in [0.2, 0.25) is 0 Å². The zero-order valence-electron chi connectivity index (χ0n) is 15.0. The predicted molar refractivity (Wildman–Crippen MR) is 99.7 cm³/mol. The Morgan fingerprint density at radius 3 is 2.67 bits per heavy atom. The first-order valence-corrected chi connectivity index (χ1v) is 8.60. The van der Waals surface area contributed by atoms with Crippen LogP contribution in [-0.4, -0.2) is 29.5 Å². The molecule has 1 unspecified atom stereocenters. The van der Waals surface area contributed by atoms with Gasteiger partial charge in [0.15, 0.2) is 11.5 Å². The molecule has 0 spiro atoms. The van der Waals surface area contributed by atoms with Gasteiger partial charge in [0.1, 0.15) is 12.3 Å². The van der Waals surface area contributed by atoms with Gasteiger partial charge in [0, 0.05) is 10.9 Å². The average Bonchev–Trinajstić information content (AvgIpc) is 3.10. The van der Waals surface area contributed by atoms with Crippen molar-refractivity contribution in [1.82, 2.24) is 15.8 Å². The van der Waals surface area contributed by atoms with E-state index in [1.165, 1.54) is 0 Å². The molecule has 27 heavy (non-hydrogen) atoms. The fraction of sp³-hybridized carbons (Fsp3) is 0.200. The number of amides is 2. The average molecular weight is 365 g/mol. The normalized spacial score (nSPS) is 15.4. The lowest BCUT2D eigenvalue weighted by Crippen LogP contribution is -2.50. The van der Waals surface area contributed by atoms with E-state index < -0.39 is 17.9 Å². The van der Waals surface area contributed by atoms with Crippen molar-refractivity contribution in [2.24, 2.45) is 0 Å². The van der Waals surface area contributed by atoms with Crippen molar-refractivity contribution in [2.75, 3.05) is 6.61 Å². The third-order valence-corrected chi connectivity index (χ3v) is 4.43. The number of rotatable bonds is 2. The first-order chi connectivity index (χ1) is 13.0. The van der Waals surface area contributed by atoms with Crippen LogP contribution in [0.4, 0.5) is 0 Å². The molecule has 3 aromatic rings. The van der Waals surface area contributed by atoms with Crippen LogP contribution in [0.5, 0.6) is 11.5 Å². The summed E-state index contributed by atoms with van der Waals surface area (Å²) in [6.45, 7) is 4.06. The van der Waals surface area contributed by atoms with E-state index in [2.05, 4.69) is 21.9 Å². The van der Waals surface area contributed by atoms with Gasteiger partial charge in [-0.05, 0) is 49.2 Å². The van der Waals surface area contributed by atoms with Gasteiger partial charge in [0.05, 0.1) is 0 Å². The van der Waals surface area contributed by atoms with Gasteiger partial charge in [-0.2, -0.15) is 0 Å². The summed E-state index contributed by atoms with van der Waals surface area (Å²) in [6.07, 6.45) is -0.840. The third-order valence-electron chi connectivity index (χ3n) is 4.43. The highest BCUT2D eigenvalue weighted by atomic mass is 16.6. The van der Waals surface area contributed by atoms with Crippen LogP contribution in [0.15, 0.2) is 42.5 Å². The maximum atomic E-state index is 12.4. The number of benzene rings is 2. The number of H-pyrrole nitrogens is 1. The highest BCUT2D eigenvalue weighted by molar-refractivity contribution is 5.99. The van der Waals surface area contributed by atoms with Gasteiger partial charge in [-0.25, -0.2) is 0 Å². The number of carbonyl (C=O) groups is 2. The lowest BCUT2D eigenvalue weighted by atomic mass is 10.1. The smallest absolute Gasteiger partial charge is 0.286 e. The zero-order valence-corrected chi connectivity index (χ0v) is 15.0. The van der Waals surface area contributed by atoms with E-state index in [9.17, 15) is 9.59 Å². The second-order valence-corrected chi connectivity index (χ2v) is 6.53. The molecule has 0 radical (unpaired) electrons. The van der Waals surface area contributed by atoms with Crippen molar-refractivity contribution in [2.45, 2.75) is 20.0 Å². The minimum Gasteiger partial charge on any atom is -0.485 e. The molecular weight excluding hydrogens is 346 g/mol. The summed E-state index contributed by atoms with van der Waals surface area (Å²) < 4.78 is 11.1. The number of carbonyl (C=O) groups excluding carboxylic acids is 2. The van der Waals surface area contributed by atoms with Gasteiger partial charge in [-0.1, -0.05) is 18.2 Å². The minimum absolute atomic E-state index is 0.0730. The van der Waals surface area contributed by atoms with Crippen LogP contribution < -0.4 is 20.3 Å². The minimum atomic E-state index is -0.840. The summed E-state index contributed by atoms with van der Waals surface area (Å²) in [5.41, 5.74) is 8.23. The molecule has 0 fully saturated rings. The number of aromatic nitrogens is 1. The molecule has 2 aromatic carbocycles. The summed E-state index contributed by atoms with van der Waals surface area (Å²) in [7, 11) is 0. The van der Waals surface area contributed by atoms with E-state index in [4.69, 9.17) is 9.47 Å². The lowest BCUT2D eigenvalue weighted by molar-refractivity contribution is -0.131. The fourth-order valence-corrected chi connectivity index (χ4v) is 3.14.